The largest absolute Gasteiger partial charge is 0.431 e. The van der Waals surface area contributed by atoms with E-state index < -0.39 is 17.4 Å². The molecule has 1 aromatic carbocycles. The number of aromatic nitrogens is 2. The number of alkyl halides is 3. The van der Waals surface area contributed by atoms with E-state index in [4.69, 9.17) is 12.2 Å². The summed E-state index contributed by atoms with van der Waals surface area (Å²) in [6.07, 6.45) is -4.63. The van der Waals surface area contributed by atoms with Crippen LogP contribution >= 0.6 is 12.2 Å². The van der Waals surface area contributed by atoms with Crippen LogP contribution in [0.25, 0.3) is 5.69 Å². The van der Waals surface area contributed by atoms with E-state index in [0.717, 1.165) is 10.1 Å². The molecule has 3 nitrogen and oxygen atoms in total. The van der Waals surface area contributed by atoms with Crippen molar-refractivity contribution in [3.05, 3.63) is 56.7 Å². The number of hydrogen-bond donors (Lipinski definition) is 1. The molecule has 0 spiro atoms. The molecule has 0 aliphatic heterocycles. The van der Waals surface area contributed by atoms with E-state index in [-0.39, 0.29) is 4.77 Å². The van der Waals surface area contributed by atoms with Crippen LogP contribution in [-0.2, 0) is 6.18 Å². The average molecular weight is 286 g/mol. The summed E-state index contributed by atoms with van der Waals surface area (Å²) in [7, 11) is 0. The fourth-order valence-corrected chi connectivity index (χ4v) is 1.89. The maximum absolute atomic E-state index is 12.5. The predicted molar refractivity (Wildman–Crippen MR) is 67.0 cm³/mol. The van der Waals surface area contributed by atoms with Crippen LogP contribution in [-0.4, -0.2) is 9.55 Å². The Hall–Kier alpha value is -1.89. The standard InChI is InChI=1S/C12H9F3N2OS/c1-7-2-4-8(5-3-7)17-10(18)6-9(12(13,14)15)16-11(17)19/h2-6H,1H3,(H,16,19). The van der Waals surface area contributed by atoms with Gasteiger partial charge in [-0.1, -0.05) is 17.7 Å². The molecule has 100 valence electrons. The zero-order chi connectivity index (χ0) is 14.2. The van der Waals surface area contributed by atoms with E-state index >= 15 is 0 Å². The maximum atomic E-state index is 12.5. The Kier molecular flexibility index (Phi) is 3.32. The molecule has 1 heterocycles. The lowest BCUT2D eigenvalue weighted by atomic mass is 10.2. The Labute approximate surface area is 111 Å². The summed E-state index contributed by atoms with van der Waals surface area (Å²) in [5, 5.41) is 0. The van der Waals surface area contributed by atoms with Gasteiger partial charge >= 0.3 is 6.18 Å². The molecule has 0 bridgehead atoms. The highest BCUT2D eigenvalue weighted by molar-refractivity contribution is 7.71. The third-order valence-corrected chi connectivity index (χ3v) is 2.82. The third kappa shape index (κ3) is 2.76. The lowest BCUT2D eigenvalue weighted by Gasteiger charge is -2.10. The fourth-order valence-electron chi connectivity index (χ4n) is 1.59. The number of halogens is 3. The van der Waals surface area contributed by atoms with Gasteiger partial charge in [0.25, 0.3) is 5.56 Å². The lowest BCUT2D eigenvalue weighted by Crippen LogP contribution is -2.23. The van der Waals surface area contributed by atoms with Crippen molar-refractivity contribution in [1.29, 1.82) is 0 Å². The number of benzene rings is 1. The van der Waals surface area contributed by atoms with Gasteiger partial charge in [0.15, 0.2) is 4.77 Å². The molecule has 0 unspecified atom stereocenters. The molecular formula is C12H9F3N2OS. The first kappa shape index (κ1) is 13.5. The fraction of sp³-hybridized carbons (Fsp3) is 0.167. The van der Waals surface area contributed by atoms with Crippen LogP contribution in [0.4, 0.5) is 13.2 Å². The lowest BCUT2D eigenvalue weighted by molar-refractivity contribution is -0.141. The van der Waals surface area contributed by atoms with Crippen molar-refractivity contribution in [3.63, 3.8) is 0 Å². The van der Waals surface area contributed by atoms with Gasteiger partial charge in [-0.05, 0) is 31.3 Å². The number of aryl methyl sites for hydroxylation is 1. The van der Waals surface area contributed by atoms with Crippen molar-refractivity contribution in [3.8, 4) is 5.69 Å². The van der Waals surface area contributed by atoms with Crippen LogP contribution in [0.2, 0.25) is 0 Å². The highest BCUT2D eigenvalue weighted by atomic mass is 32.1. The monoisotopic (exact) mass is 286 g/mol. The quantitative estimate of drug-likeness (QED) is 0.817. The third-order valence-electron chi connectivity index (χ3n) is 2.53. The van der Waals surface area contributed by atoms with Gasteiger partial charge in [0.1, 0.15) is 5.69 Å². The highest BCUT2D eigenvalue weighted by Crippen LogP contribution is 2.26. The smallest absolute Gasteiger partial charge is 0.328 e. The van der Waals surface area contributed by atoms with Gasteiger partial charge in [-0.3, -0.25) is 9.36 Å². The van der Waals surface area contributed by atoms with Gasteiger partial charge in [0.2, 0.25) is 0 Å². The summed E-state index contributed by atoms with van der Waals surface area (Å²) in [5.74, 6) is 0. The summed E-state index contributed by atoms with van der Waals surface area (Å²) >= 11 is 4.82. The molecule has 1 aromatic heterocycles. The molecule has 0 atom stereocenters. The van der Waals surface area contributed by atoms with Crippen molar-refractivity contribution in [2.24, 2.45) is 0 Å². The van der Waals surface area contributed by atoms with Gasteiger partial charge in [0.05, 0.1) is 5.69 Å². The Morgan fingerprint density at radius 1 is 1.21 bits per heavy atom. The van der Waals surface area contributed by atoms with Gasteiger partial charge in [-0.15, -0.1) is 0 Å². The summed E-state index contributed by atoms with van der Waals surface area (Å²) in [4.78, 5) is 13.8. The molecule has 7 heteroatoms. The van der Waals surface area contributed by atoms with Crippen LogP contribution in [0.3, 0.4) is 0 Å². The van der Waals surface area contributed by atoms with E-state index in [2.05, 4.69) is 0 Å². The highest BCUT2D eigenvalue weighted by Gasteiger charge is 2.32. The first-order valence-corrected chi connectivity index (χ1v) is 5.70. The average Bonchev–Trinajstić information content (AvgIpc) is 2.29. The van der Waals surface area contributed by atoms with Gasteiger partial charge in [-0.2, -0.15) is 13.2 Å². The molecule has 0 saturated heterocycles. The second kappa shape index (κ2) is 4.65. The predicted octanol–water partition coefficient (Wildman–Crippen LogP) is 3.22. The summed E-state index contributed by atoms with van der Waals surface area (Å²) in [5.41, 5.74) is -0.574. The van der Waals surface area contributed by atoms with Crippen molar-refractivity contribution < 1.29 is 13.2 Å². The van der Waals surface area contributed by atoms with E-state index in [1.807, 2.05) is 11.9 Å². The maximum Gasteiger partial charge on any atom is 0.431 e. The molecule has 0 aliphatic rings. The number of hydrogen-bond acceptors (Lipinski definition) is 2. The zero-order valence-electron chi connectivity index (χ0n) is 9.78. The molecule has 0 fully saturated rings. The minimum Gasteiger partial charge on any atom is -0.328 e. The molecule has 2 rings (SSSR count). The Balaban J connectivity index is 2.64. The number of nitrogens with zero attached hydrogens (tertiary/aromatic N) is 1. The van der Waals surface area contributed by atoms with Crippen LogP contribution < -0.4 is 5.56 Å². The Morgan fingerprint density at radius 3 is 2.26 bits per heavy atom. The molecule has 0 saturated carbocycles. The molecular weight excluding hydrogens is 277 g/mol. The SMILES string of the molecule is Cc1ccc(-n2c(=O)cc(C(F)(F)F)[nH]c2=S)cc1. The van der Waals surface area contributed by atoms with Crippen molar-refractivity contribution in [2.45, 2.75) is 13.1 Å². The molecule has 19 heavy (non-hydrogen) atoms. The Bertz CT molecular complexity index is 682. The van der Waals surface area contributed by atoms with Gasteiger partial charge in [-0.25, -0.2) is 0 Å². The number of nitrogens with one attached hydrogen (secondary N) is 1. The molecule has 0 radical (unpaired) electrons. The summed E-state index contributed by atoms with van der Waals surface area (Å²) in [6, 6.07) is 7.22. The minimum atomic E-state index is -4.63. The van der Waals surface area contributed by atoms with Crippen LogP contribution in [0.5, 0.6) is 0 Å². The van der Waals surface area contributed by atoms with Crippen LogP contribution in [0.15, 0.2) is 35.1 Å². The van der Waals surface area contributed by atoms with Gasteiger partial charge < -0.3 is 4.98 Å². The van der Waals surface area contributed by atoms with Gasteiger partial charge in [0, 0.05) is 6.07 Å². The zero-order valence-corrected chi connectivity index (χ0v) is 10.6. The van der Waals surface area contributed by atoms with Crippen LogP contribution in [0.1, 0.15) is 11.3 Å². The topological polar surface area (TPSA) is 37.8 Å². The first-order chi connectivity index (χ1) is 8.79. The van der Waals surface area contributed by atoms with E-state index in [1.54, 1.807) is 24.3 Å². The summed E-state index contributed by atoms with van der Waals surface area (Å²) in [6.45, 7) is 1.86. The van der Waals surface area contributed by atoms with E-state index in [9.17, 15) is 18.0 Å². The second-order valence-electron chi connectivity index (χ2n) is 4.00. The number of H-pyrrole nitrogens is 1. The molecule has 0 amide bonds. The molecule has 2 aromatic rings. The van der Waals surface area contributed by atoms with E-state index in [0.29, 0.717) is 11.8 Å². The molecule has 1 N–H and O–H groups in total. The van der Waals surface area contributed by atoms with Crippen molar-refractivity contribution in [2.75, 3.05) is 0 Å². The van der Waals surface area contributed by atoms with Crippen LogP contribution in [0, 0.1) is 11.7 Å². The second-order valence-corrected chi connectivity index (χ2v) is 4.38. The first-order valence-electron chi connectivity index (χ1n) is 5.29. The van der Waals surface area contributed by atoms with Crippen molar-refractivity contribution in [1.82, 2.24) is 9.55 Å². The normalized spacial score (nSPS) is 11.6. The Morgan fingerprint density at radius 2 is 1.79 bits per heavy atom. The number of aromatic amines is 1. The minimum absolute atomic E-state index is 0.288. The summed E-state index contributed by atoms with van der Waals surface area (Å²) < 4.78 is 38.3. The van der Waals surface area contributed by atoms with Crippen molar-refractivity contribution >= 4 is 12.2 Å². The van der Waals surface area contributed by atoms with E-state index in [1.165, 1.54) is 0 Å². The number of rotatable bonds is 1. The molecule has 0 aliphatic carbocycles.